The van der Waals surface area contributed by atoms with Gasteiger partial charge in [0.1, 0.15) is 55.2 Å². The average Bonchev–Trinajstić information content (AvgIpc) is 2.94. The van der Waals surface area contributed by atoms with Gasteiger partial charge in [0.2, 0.25) is 0 Å². The van der Waals surface area contributed by atoms with Gasteiger partial charge < -0.3 is 78.0 Å². The van der Waals surface area contributed by atoms with E-state index >= 15 is 0 Å². The second kappa shape index (κ2) is 15.4. The van der Waals surface area contributed by atoms with Gasteiger partial charge in [-0.25, -0.2) is 4.39 Å². The summed E-state index contributed by atoms with van der Waals surface area (Å²) < 4.78 is 36.0. The molecule has 3 fully saturated rings. The lowest BCUT2D eigenvalue weighted by Gasteiger charge is -2.48. The van der Waals surface area contributed by atoms with Crippen molar-refractivity contribution in [3.05, 3.63) is 0 Å². The molecule has 3 aliphatic rings. The number of ether oxygens (including phenoxy) is 4. The van der Waals surface area contributed by atoms with Crippen molar-refractivity contribution in [2.45, 2.75) is 105 Å². The lowest BCUT2D eigenvalue weighted by molar-refractivity contribution is -0.313. The molecule has 8 unspecified atom stereocenters. The SMILES string of the molecule is N=C(N[C@@H]1C[C@H](N)C(O[C@H]2O[C@H](CNCCF)CCC2N)C(O)C1O[C@H]1OC(CO)C(O)[C@H](N)C1O)C(O)CN. The highest BCUT2D eigenvalue weighted by Crippen LogP contribution is 2.31. The second-order valence-corrected chi connectivity index (χ2v) is 10.6. The number of amidine groups is 1. The number of aliphatic hydroxyl groups excluding tert-OH is 5. The highest BCUT2D eigenvalue weighted by molar-refractivity contribution is 5.83. The van der Waals surface area contributed by atoms with Crippen molar-refractivity contribution in [2.24, 2.45) is 22.9 Å². The van der Waals surface area contributed by atoms with Crippen LogP contribution in [0.2, 0.25) is 0 Å². The maximum atomic E-state index is 12.5. The maximum Gasteiger partial charge on any atom is 0.186 e. The minimum Gasteiger partial charge on any atom is -0.394 e. The molecule has 16 N–H and O–H groups in total. The third kappa shape index (κ3) is 8.01. The molecule has 0 spiro atoms. The molecular formula is C23H46FN7O9. The molecule has 40 heavy (non-hydrogen) atoms. The molecule has 0 aromatic rings. The zero-order valence-electron chi connectivity index (χ0n) is 22.3. The Morgan fingerprint density at radius 1 is 1.00 bits per heavy atom. The molecule has 0 aromatic carbocycles. The van der Waals surface area contributed by atoms with Gasteiger partial charge in [-0.05, 0) is 19.3 Å². The fraction of sp³-hybridized carbons (Fsp3) is 0.957. The predicted octanol–water partition coefficient (Wildman–Crippen LogP) is -5.74. The molecule has 0 bridgehead atoms. The van der Waals surface area contributed by atoms with Crippen LogP contribution in [0.25, 0.3) is 0 Å². The molecule has 1 saturated carbocycles. The van der Waals surface area contributed by atoms with Gasteiger partial charge in [-0.1, -0.05) is 0 Å². The number of hydrogen-bond donors (Lipinski definition) is 12. The quantitative estimate of drug-likeness (QED) is 0.0579. The Kier molecular flexibility index (Phi) is 12.8. The highest BCUT2D eigenvalue weighted by atomic mass is 19.1. The van der Waals surface area contributed by atoms with Gasteiger partial charge in [-0.2, -0.15) is 0 Å². The van der Waals surface area contributed by atoms with Crippen LogP contribution in [0, 0.1) is 5.41 Å². The summed E-state index contributed by atoms with van der Waals surface area (Å²) in [6.45, 7) is -0.809. The Morgan fingerprint density at radius 2 is 1.70 bits per heavy atom. The van der Waals surface area contributed by atoms with Crippen LogP contribution in [-0.4, -0.2) is 150 Å². The van der Waals surface area contributed by atoms with E-state index in [4.69, 9.17) is 47.3 Å². The fourth-order valence-corrected chi connectivity index (χ4v) is 5.18. The molecule has 2 heterocycles. The largest absolute Gasteiger partial charge is 0.394 e. The molecular weight excluding hydrogens is 537 g/mol. The Labute approximate surface area is 231 Å². The second-order valence-electron chi connectivity index (χ2n) is 10.6. The molecule has 1 aliphatic carbocycles. The molecule has 0 amide bonds. The summed E-state index contributed by atoms with van der Waals surface area (Å²) in [6.07, 6.45) is -10.7. The first kappa shape index (κ1) is 33.3. The first-order valence-corrected chi connectivity index (χ1v) is 13.6. The molecule has 3 rings (SSSR count). The van der Waals surface area contributed by atoms with Gasteiger partial charge in [0, 0.05) is 25.7 Å². The van der Waals surface area contributed by atoms with E-state index in [1.165, 1.54) is 0 Å². The van der Waals surface area contributed by atoms with Crippen molar-refractivity contribution in [3.63, 3.8) is 0 Å². The van der Waals surface area contributed by atoms with Crippen LogP contribution in [0.15, 0.2) is 0 Å². The molecule has 0 aromatic heterocycles. The summed E-state index contributed by atoms with van der Waals surface area (Å²) in [5.74, 6) is -0.341. The molecule has 2 saturated heterocycles. The fourth-order valence-electron chi connectivity index (χ4n) is 5.18. The summed E-state index contributed by atoms with van der Waals surface area (Å²) in [6, 6.07) is -3.47. The monoisotopic (exact) mass is 583 g/mol. The first-order chi connectivity index (χ1) is 19.0. The summed E-state index contributed by atoms with van der Waals surface area (Å²) >= 11 is 0. The highest BCUT2D eigenvalue weighted by Gasteiger charge is 2.51. The van der Waals surface area contributed by atoms with Crippen LogP contribution in [0.5, 0.6) is 0 Å². The van der Waals surface area contributed by atoms with Gasteiger partial charge in [-0.3, -0.25) is 5.41 Å². The van der Waals surface area contributed by atoms with E-state index in [1.807, 2.05) is 0 Å². The van der Waals surface area contributed by atoms with Crippen LogP contribution >= 0.6 is 0 Å². The van der Waals surface area contributed by atoms with Crippen molar-refractivity contribution in [1.29, 1.82) is 5.41 Å². The van der Waals surface area contributed by atoms with Crippen LogP contribution < -0.4 is 33.6 Å². The Bertz CT molecular complexity index is 793. The van der Waals surface area contributed by atoms with E-state index in [2.05, 4.69) is 10.6 Å². The molecule has 16 nitrogen and oxygen atoms in total. The van der Waals surface area contributed by atoms with Crippen molar-refractivity contribution >= 4 is 5.84 Å². The number of nitrogens with one attached hydrogen (secondary N) is 3. The summed E-state index contributed by atoms with van der Waals surface area (Å²) in [4.78, 5) is 0. The zero-order valence-corrected chi connectivity index (χ0v) is 22.3. The van der Waals surface area contributed by atoms with E-state index in [0.29, 0.717) is 19.4 Å². The summed E-state index contributed by atoms with van der Waals surface area (Å²) in [5, 5.41) is 65.7. The number of alkyl halides is 1. The van der Waals surface area contributed by atoms with E-state index in [-0.39, 0.29) is 31.4 Å². The Hall–Kier alpha value is -1.16. The molecule has 14 atom stereocenters. The van der Waals surface area contributed by atoms with E-state index < -0.39 is 92.8 Å². The van der Waals surface area contributed by atoms with E-state index in [0.717, 1.165) is 0 Å². The first-order valence-electron chi connectivity index (χ1n) is 13.6. The smallest absolute Gasteiger partial charge is 0.186 e. The summed E-state index contributed by atoms with van der Waals surface area (Å²) in [7, 11) is 0. The van der Waals surface area contributed by atoms with Crippen LogP contribution in [-0.2, 0) is 18.9 Å². The number of rotatable bonds is 12. The molecule has 17 heteroatoms. The van der Waals surface area contributed by atoms with E-state index in [1.54, 1.807) is 0 Å². The number of halogens is 1. The lowest BCUT2D eigenvalue weighted by atomic mass is 9.83. The molecule has 234 valence electrons. The average molecular weight is 584 g/mol. The Balaban J connectivity index is 1.78. The van der Waals surface area contributed by atoms with Crippen LogP contribution in [0.1, 0.15) is 19.3 Å². The van der Waals surface area contributed by atoms with Gasteiger partial charge in [0.05, 0.1) is 30.8 Å². The van der Waals surface area contributed by atoms with Crippen LogP contribution in [0.4, 0.5) is 4.39 Å². The lowest BCUT2D eigenvalue weighted by Crippen LogP contribution is -2.69. The van der Waals surface area contributed by atoms with Gasteiger partial charge in [-0.15, -0.1) is 0 Å². The van der Waals surface area contributed by atoms with Crippen molar-refractivity contribution in [1.82, 2.24) is 10.6 Å². The van der Waals surface area contributed by atoms with Crippen LogP contribution in [0.3, 0.4) is 0 Å². The summed E-state index contributed by atoms with van der Waals surface area (Å²) in [5.41, 5.74) is 24.0. The third-order valence-corrected chi connectivity index (χ3v) is 7.58. The van der Waals surface area contributed by atoms with E-state index in [9.17, 15) is 29.9 Å². The third-order valence-electron chi connectivity index (χ3n) is 7.58. The van der Waals surface area contributed by atoms with Crippen molar-refractivity contribution in [3.8, 4) is 0 Å². The standard InChI is InChI=1S/C23H46FN7O9/c24-3-4-30-7-9-1-2-10(26)22(37-9)39-19-11(27)5-12(31-21(29)13(33)6-25)20(18(19)36)40-23-17(35)15(28)16(34)14(8-32)38-23/h9-20,22-23,30,32-36H,1-8,25-28H2,(H2,29,31)/t9-,10?,11-,12+,13?,14?,15-,16?,17?,18?,19?,20?,22+,23+/m0/s1. The van der Waals surface area contributed by atoms with Crippen molar-refractivity contribution < 1.29 is 48.9 Å². The Morgan fingerprint density at radius 3 is 2.35 bits per heavy atom. The number of hydrogen-bond acceptors (Lipinski definition) is 15. The molecule has 0 radical (unpaired) electrons. The minimum absolute atomic E-state index is 0.0659. The van der Waals surface area contributed by atoms with Gasteiger partial charge in [0.25, 0.3) is 0 Å². The van der Waals surface area contributed by atoms with Gasteiger partial charge in [0.15, 0.2) is 12.6 Å². The molecule has 2 aliphatic heterocycles. The topological polar surface area (TPSA) is 290 Å². The minimum atomic E-state index is -1.54. The zero-order chi connectivity index (χ0) is 29.6. The predicted molar refractivity (Wildman–Crippen MR) is 139 cm³/mol. The van der Waals surface area contributed by atoms with Gasteiger partial charge >= 0.3 is 0 Å². The number of aliphatic hydroxyl groups is 5. The normalized spacial score (nSPS) is 43.3. The maximum absolute atomic E-state index is 12.5. The number of nitrogens with two attached hydrogens (primary N) is 4. The van der Waals surface area contributed by atoms with Crippen molar-refractivity contribution in [2.75, 3.05) is 32.9 Å².